The molecule has 1 aromatic carbocycles. The Hall–Kier alpha value is -2.05. The van der Waals surface area contributed by atoms with Crippen molar-refractivity contribution >= 4 is 23.2 Å². The minimum atomic E-state index is 0.750. The number of hydrogen-bond acceptors (Lipinski definition) is 5. The van der Waals surface area contributed by atoms with E-state index in [1.807, 2.05) is 43.7 Å². The number of aryl methyl sites for hydroxylation is 1. The van der Waals surface area contributed by atoms with Crippen molar-refractivity contribution in [3.05, 3.63) is 47.8 Å². The monoisotopic (exact) mass is 313 g/mol. The molecule has 0 spiro atoms. The number of aromatic nitrogens is 3. The van der Waals surface area contributed by atoms with Crippen molar-refractivity contribution in [3.8, 4) is 0 Å². The summed E-state index contributed by atoms with van der Waals surface area (Å²) in [6.07, 6.45) is 0. The molecule has 6 heteroatoms. The van der Waals surface area contributed by atoms with E-state index in [4.69, 9.17) is 4.98 Å². The molecule has 0 fully saturated rings. The van der Waals surface area contributed by atoms with E-state index < -0.39 is 0 Å². The highest BCUT2D eigenvalue weighted by atomic mass is 32.2. The van der Waals surface area contributed by atoms with Crippen LogP contribution in [-0.2, 0) is 6.54 Å². The van der Waals surface area contributed by atoms with E-state index in [0.717, 1.165) is 34.3 Å². The lowest BCUT2D eigenvalue weighted by Crippen LogP contribution is -2.11. The van der Waals surface area contributed by atoms with E-state index in [2.05, 4.69) is 33.9 Å². The van der Waals surface area contributed by atoms with Crippen LogP contribution in [0.2, 0.25) is 0 Å². The van der Waals surface area contributed by atoms with E-state index in [-0.39, 0.29) is 0 Å². The highest BCUT2D eigenvalue weighted by Gasteiger charge is 2.17. The first kappa shape index (κ1) is 14.9. The van der Waals surface area contributed by atoms with E-state index in [1.165, 1.54) is 4.90 Å². The number of hydrogen-bond donors (Lipinski definition) is 2. The number of rotatable bonds is 5. The molecule has 0 amide bonds. The first-order valence-electron chi connectivity index (χ1n) is 7.17. The summed E-state index contributed by atoms with van der Waals surface area (Å²) in [4.78, 5) is 6.92. The molecule has 0 saturated carbocycles. The fourth-order valence-electron chi connectivity index (χ4n) is 2.37. The summed E-state index contributed by atoms with van der Waals surface area (Å²) < 4.78 is 1.92. The molecular weight excluding hydrogens is 294 g/mol. The standard InChI is InChI=1S/C16H19N5S/c1-11-9-12(10-17-2)21-16(19-11)14(15(18-3)20-21)22-13-7-5-4-6-8-13/h4-9,17H,10H2,1-3H3,(H,18,20). The van der Waals surface area contributed by atoms with Gasteiger partial charge in [0.05, 0.1) is 5.69 Å². The van der Waals surface area contributed by atoms with Gasteiger partial charge in [0.2, 0.25) is 0 Å². The van der Waals surface area contributed by atoms with Gasteiger partial charge in [0.15, 0.2) is 11.5 Å². The quantitative estimate of drug-likeness (QED) is 0.758. The Morgan fingerprint density at radius 2 is 1.95 bits per heavy atom. The predicted octanol–water partition coefficient (Wildman–Crippen LogP) is 2.95. The van der Waals surface area contributed by atoms with Crippen LogP contribution in [0.3, 0.4) is 0 Å². The highest BCUT2D eigenvalue weighted by molar-refractivity contribution is 7.99. The lowest BCUT2D eigenvalue weighted by molar-refractivity contribution is 0.739. The molecule has 2 heterocycles. The van der Waals surface area contributed by atoms with Gasteiger partial charge < -0.3 is 10.6 Å². The molecular formula is C16H19N5S. The van der Waals surface area contributed by atoms with Crippen molar-refractivity contribution in [3.63, 3.8) is 0 Å². The third kappa shape index (κ3) is 2.80. The number of nitrogens with zero attached hydrogens (tertiary/aromatic N) is 3. The second-order valence-corrected chi connectivity index (χ2v) is 6.08. The molecule has 5 nitrogen and oxygen atoms in total. The number of nitrogens with one attached hydrogen (secondary N) is 2. The second-order valence-electron chi connectivity index (χ2n) is 5.00. The summed E-state index contributed by atoms with van der Waals surface area (Å²) in [6.45, 7) is 2.77. The Kier molecular flexibility index (Phi) is 4.31. The van der Waals surface area contributed by atoms with Crippen molar-refractivity contribution < 1.29 is 0 Å². The Balaban J connectivity index is 2.15. The molecule has 0 aliphatic heterocycles. The predicted molar refractivity (Wildman–Crippen MR) is 90.6 cm³/mol. The average molecular weight is 313 g/mol. The van der Waals surface area contributed by atoms with Gasteiger partial charge in [-0.15, -0.1) is 5.10 Å². The van der Waals surface area contributed by atoms with Crippen LogP contribution in [0.25, 0.3) is 5.65 Å². The number of anilines is 1. The zero-order valence-corrected chi connectivity index (χ0v) is 13.7. The van der Waals surface area contributed by atoms with Gasteiger partial charge in [0.1, 0.15) is 4.90 Å². The Bertz CT molecular complexity index is 782. The molecule has 0 aliphatic rings. The molecule has 0 bridgehead atoms. The summed E-state index contributed by atoms with van der Waals surface area (Å²) >= 11 is 1.68. The van der Waals surface area contributed by atoms with Gasteiger partial charge in [-0.1, -0.05) is 30.0 Å². The van der Waals surface area contributed by atoms with E-state index >= 15 is 0 Å². The first-order chi connectivity index (χ1) is 10.7. The molecule has 0 saturated heterocycles. The summed E-state index contributed by atoms with van der Waals surface area (Å²) in [5.41, 5.74) is 2.99. The summed E-state index contributed by atoms with van der Waals surface area (Å²) in [5, 5.41) is 11.0. The Morgan fingerprint density at radius 3 is 2.64 bits per heavy atom. The zero-order valence-electron chi connectivity index (χ0n) is 12.9. The van der Waals surface area contributed by atoms with Gasteiger partial charge in [-0.25, -0.2) is 9.50 Å². The molecule has 2 N–H and O–H groups in total. The van der Waals surface area contributed by atoms with Crippen LogP contribution in [0.4, 0.5) is 5.82 Å². The van der Waals surface area contributed by atoms with Crippen molar-refractivity contribution in [2.45, 2.75) is 23.3 Å². The highest BCUT2D eigenvalue weighted by Crippen LogP contribution is 2.36. The van der Waals surface area contributed by atoms with Gasteiger partial charge in [-0.05, 0) is 32.2 Å². The van der Waals surface area contributed by atoms with Gasteiger partial charge in [0, 0.05) is 24.2 Å². The normalized spacial score (nSPS) is 11.0. The minimum Gasteiger partial charge on any atom is -0.371 e. The van der Waals surface area contributed by atoms with Gasteiger partial charge in [-0.3, -0.25) is 0 Å². The smallest absolute Gasteiger partial charge is 0.171 e. The van der Waals surface area contributed by atoms with Crippen LogP contribution in [0, 0.1) is 6.92 Å². The van der Waals surface area contributed by atoms with E-state index in [1.54, 1.807) is 11.8 Å². The van der Waals surface area contributed by atoms with Gasteiger partial charge in [-0.2, -0.15) is 0 Å². The lowest BCUT2D eigenvalue weighted by Gasteiger charge is -2.06. The van der Waals surface area contributed by atoms with Crippen LogP contribution in [0.15, 0.2) is 46.2 Å². The van der Waals surface area contributed by atoms with Gasteiger partial charge in [0.25, 0.3) is 0 Å². The van der Waals surface area contributed by atoms with Gasteiger partial charge >= 0.3 is 0 Å². The Morgan fingerprint density at radius 1 is 1.18 bits per heavy atom. The second kappa shape index (κ2) is 6.37. The van der Waals surface area contributed by atoms with Crippen LogP contribution in [-0.4, -0.2) is 28.7 Å². The Labute approximate surface area is 134 Å². The van der Waals surface area contributed by atoms with Crippen LogP contribution in [0.5, 0.6) is 0 Å². The molecule has 2 aromatic heterocycles. The molecule has 114 valence electrons. The maximum absolute atomic E-state index is 4.70. The molecule has 0 atom stereocenters. The van der Waals surface area contributed by atoms with Crippen molar-refractivity contribution in [2.75, 3.05) is 19.4 Å². The van der Waals surface area contributed by atoms with Crippen LogP contribution < -0.4 is 10.6 Å². The zero-order chi connectivity index (χ0) is 15.5. The molecule has 0 unspecified atom stereocenters. The molecule has 3 rings (SSSR count). The topological polar surface area (TPSA) is 54.2 Å². The summed E-state index contributed by atoms with van der Waals surface area (Å²) in [6, 6.07) is 12.4. The average Bonchev–Trinajstić information content (AvgIpc) is 2.87. The maximum atomic E-state index is 4.70. The fourth-order valence-corrected chi connectivity index (χ4v) is 3.36. The summed E-state index contributed by atoms with van der Waals surface area (Å²) in [5.74, 6) is 0.851. The van der Waals surface area contributed by atoms with Crippen LogP contribution in [0.1, 0.15) is 11.4 Å². The lowest BCUT2D eigenvalue weighted by atomic mass is 10.3. The van der Waals surface area contributed by atoms with Crippen molar-refractivity contribution in [1.29, 1.82) is 0 Å². The third-order valence-corrected chi connectivity index (χ3v) is 4.39. The summed E-state index contributed by atoms with van der Waals surface area (Å²) in [7, 11) is 3.82. The molecule has 3 aromatic rings. The number of benzene rings is 1. The third-order valence-electron chi connectivity index (χ3n) is 3.31. The van der Waals surface area contributed by atoms with Crippen molar-refractivity contribution in [1.82, 2.24) is 19.9 Å². The van der Waals surface area contributed by atoms with E-state index in [9.17, 15) is 0 Å². The number of fused-ring (bicyclic) bond motifs is 1. The van der Waals surface area contributed by atoms with Crippen molar-refractivity contribution in [2.24, 2.45) is 0 Å². The van der Waals surface area contributed by atoms with Crippen LogP contribution >= 0.6 is 11.8 Å². The minimum absolute atomic E-state index is 0.750. The maximum Gasteiger partial charge on any atom is 0.171 e. The van der Waals surface area contributed by atoms with E-state index in [0.29, 0.717) is 0 Å². The molecule has 22 heavy (non-hydrogen) atoms. The SMILES string of the molecule is CNCc1cc(C)nc2c(Sc3ccccc3)c(NC)nn12. The molecule has 0 radical (unpaired) electrons. The fraction of sp³-hybridized carbons (Fsp3) is 0.250. The first-order valence-corrected chi connectivity index (χ1v) is 7.99. The molecule has 0 aliphatic carbocycles. The largest absolute Gasteiger partial charge is 0.371 e.